The molecule has 27 heavy (non-hydrogen) atoms. The molecule has 0 bridgehead atoms. The minimum Gasteiger partial charge on any atom is -0.366 e. The number of amides is 2. The first-order valence-corrected chi connectivity index (χ1v) is 9.11. The van der Waals surface area contributed by atoms with Gasteiger partial charge in [0.1, 0.15) is 0 Å². The molecule has 0 spiro atoms. The Kier molecular flexibility index (Phi) is 5.41. The van der Waals surface area contributed by atoms with Crippen molar-refractivity contribution in [3.63, 3.8) is 0 Å². The number of hydrogen-bond acceptors (Lipinski definition) is 3. The van der Waals surface area contributed by atoms with Crippen molar-refractivity contribution in [2.45, 2.75) is 13.5 Å². The van der Waals surface area contributed by atoms with E-state index in [1.807, 2.05) is 37.3 Å². The molecule has 7 heteroatoms. The maximum absolute atomic E-state index is 12.9. The van der Waals surface area contributed by atoms with E-state index in [9.17, 15) is 9.59 Å². The molecule has 6 nitrogen and oxygen atoms in total. The summed E-state index contributed by atoms with van der Waals surface area (Å²) in [6.07, 6.45) is 1.58. The number of aromatic nitrogens is 2. The molecular formula is C20H19BrN4O2. The lowest BCUT2D eigenvalue weighted by Gasteiger charge is -2.17. The quantitative estimate of drug-likeness (QED) is 0.679. The molecule has 2 amide bonds. The Morgan fingerprint density at radius 2 is 1.89 bits per heavy atom. The van der Waals surface area contributed by atoms with Gasteiger partial charge in [0.25, 0.3) is 5.91 Å². The number of carbonyl (C=O) groups excluding carboxylic acids is 2. The minimum absolute atomic E-state index is 0.139. The summed E-state index contributed by atoms with van der Waals surface area (Å²) in [6, 6.07) is 14.7. The van der Waals surface area contributed by atoms with Crippen LogP contribution in [0.2, 0.25) is 0 Å². The molecule has 3 rings (SSSR count). The van der Waals surface area contributed by atoms with Crippen LogP contribution in [0.5, 0.6) is 0 Å². The molecular weight excluding hydrogens is 408 g/mol. The summed E-state index contributed by atoms with van der Waals surface area (Å²) in [5.41, 5.74) is 8.75. The smallest absolute Gasteiger partial charge is 0.257 e. The second-order valence-electron chi connectivity index (χ2n) is 6.26. The summed E-state index contributed by atoms with van der Waals surface area (Å²) in [7, 11) is 1.72. The molecule has 0 aliphatic heterocycles. The summed E-state index contributed by atoms with van der Waals surface area (Å²) < 4.78 is 2.71. The van der Waals surface area contributed by atoms with Crippen molar-refractivity contribution >= 4 is 27.7 Å². The van der Waals surface area contributed by atoms with E-state index in [0.29, 0.717) is 17.7 Å². The highest BCUT2D eigenvalue weighted by molar-refractivity contribution is 9.10. The Hall–Kier alpha value is -2.93. The molecule has 0 saturated heterocycles. The number of hydrogen-bond donors (Lipinski definition) is 1. The van der Waals surface area contributed by atoms with Gasteiger partial charge >= 0.3 is 0 Å². The van der Waals surface area contributed by atoms with Gasteiger partial charge in [0.05, 0.1) is 23.1 Å². The van der Waals surface area contributed by atoms with E-state index in [-0.39, 0.29) is 5.91 Å². The molecule has 3 aromatic rings. The first-order valence-electron chi connectivity index (χ1n) is 8.31. The van der Waals surface area contributed by atoms with Crippen molar-refractivity contribution in [3.8, 4) is 5.69 Å². The standard InChI is InChI=1S/C20H19BrN4O2/c1-13-18(11-23-25(13)17-8-6-16(21)7-9-17)20(27)24(2)12-14-4-3-5-15(10-14)19(22)26/h3-11H,12H2,1-2H3,(H2,22,26). The number of nitrogens with zero attached hydrogens (tertiary/aromatic N) is 3. The van der Waals surface area contributed by atoms with Crippen molar-refractivity contribution in [3.05, 3.63) is 81.6 Å². The fourth-order valence-corrected chi connectivity index (χ4v) is 3.10. The van der Waals surface area contributed by atoms with Gasteiger partial charge < -0.3 is 10.6 Å². The molecule has 0 fully saturated rings. The van der Waals surface area contributed by atoms with E-state index < -0.39 is 5.91 Å². The molecule has 0 unspecified atom stereocenters. The number of primary amides is 1. The van der Waals surface area contributed by atoms with Crippen molar-refractivity contribution in [2.24, 2.45) is 5.73 Å². The van der Waals surface area contributed by atoms with Crippen molar-refractivity contribution < 1.29 is 9.59 Å². The molecule has 1 heterocycles. The van der Waals surface area contributed by atoms with Crippen LogP contribution in [-0.4, -0.2) is 33.5 Å². The summed E-state index contributed by atoms with van der Waals surface area (Å²) in [4.78, 5) is 25.8. The first kappa shape index (κ1) is 18.8. The summed E-state index contributed by atoms with van der Waals surface area (Å²) in [5, 5.41) is 4.36. The molecule has 0 radical (unpaired) electrons. The van der Waals surface area contributed by atoms with Crippen LogP contribution in [-0.2, 0) is 6.54 Å². The van der Waals surface area contributed by atoms with Gasteiger partial charge in [-0.3, -0.25) is 9.59 Å². The number of carbonyl (C=O) groups is 2. The van der Waals surface area contributed by atoms with Crippen LogP contribution < -0.4 is 5.73 Å². The van der Waals surface area contributed by atoms with Gasteiger partial charge in [-0.15, -0.1) is 0 Å². The average molecular weight is 427 g/mol. The zero-order chi connectivity index (χ0) is 19.6. The van der Waals surface area contributed by atoms with E-state index >= 15 is 0 Å². The number of benzene rings is 2. The fraction of sp³-hybridized carbons (Fsp3) is 0.150. The second-order valence-corrected chi connectivity index (χ2v) is 7.17. The van der Waals surface area contributed by atoms with E-state index in [0.717, 1.165) is 21.4 Å². The SMILES string of the molecule is Cc1c(C(=O)N(C)Cc2cccc(C(N)=O)c2)cnn1-c1ccc(Br)cc1. The molecule has 1 aromatic heterocycles. The van der Waals surface area contributed by atoms with Crippen LogP contribution >= 0.6 is 15.9 Å². The third-order valence-corrected chi connectivity index (χ3v) is 4.82. The van der Waals surface area contributed by atoms with Gasteiger partial charge in [-0.25, -0.2) is 4.68 Å². The predicted octanol–water partition coefficient (Wildman–Crippen LogP) is 3.31. The largest absolute Gasteiger partial charge is 0.366 e. The normalized spacial score (nSPS) is 10.6. The molecule has 2 N–H and O–H groups in total. The predicted molar refractivity (Wildman–Crippen MR) is 107 cm³/mol. The topological polar surface area (TPSA) is 81.2 Å². The average Bonchev–Trinajstić information content (AvgIpc) is 3.03. The third-order valence-electron chi connectivity index (χ3n) is 4.29. The highest BCUT2D eigenvalue weighted by atomic mass is 79.9. The lowest BCUT2D eigenvalue weighted by molar-refractivity contribution is 0.0784. The monoisotopic (exact) mass is 426 g/mol. The van der Waals surface area contributed by atoms with Crippen LogP contribution in [0.15, 0.2) is 59.2 Å². The Balaban J connectivity index is 1.80. The van der Waals surface area contributed by atoms with E-state index in [1.165, 1.54) is 0 Å². The lowest BCUT2D eigenvalue weighted by Crippen LogP contribution is -2.26. The van der Waals surface area contributed by atoms with Gasteiger partial charge in [-0.05, 0) is 48.9 Å². The number of rotatable bonds is 5. The number of nitrogens with two attached hydrogens (primary N) is 1. The molecule has 0 aliphatic rings. The number of halogens is 1. The molecule has 0 saturated carbocycles. The highest BCUT2D eigenvalue weighted by Gasteiger charge is 2.19. The molecule has 2 aromatic carbocycles. The van der Waals surface area contributed by atoms with Crippen molar-refractivity contribution in [1.82, 2.24) is 14.7 Å². The van der Waals surface area contributed by atoms with Crippen molar-refractivity contribution in [2.75, 3.05) is 7.05 Å². The maximum atomic E-state index is 12.9. The van der Waals surface area contributed by atoms with Crippen molar-refractivity contribution in [1.29, 1.82) is 0 Å². The van der Waals surface area contributed by atoms with Gasteiger partial charge in [0, 0.05) is 23.6 Å². The highest BCUT2D eigenvalue weighted by Crippen LogP contribution is 2.19. The Labute approximate surface area is 165 Å². The summed E-state index contributed by atoms with van der Waals surface area (Å²) in [6.45, 7) is 2.23. The van der Waals surface area contributed by atoms with Crippen LogP contribution in [0.25, 0.3) is 5.69 Å². The Morgan fingerprint density at radius 1 is 1.19 bits per heavy atom. The third kappa shape index (κ3) is 4.09. The van der Waals surface area contributed by atoms with Crippen LogP contribution in [0.4, 0.5) is 0 Å². The zero-order valence-electron chi connectivity index (χ0n) is 15.0. The zero-order valence-corrected chi connectivity index (χ0v) is 16.6. The van der Waals surface area contributed by atoms with Gasteiger partial charge in [-0.1, -0.05) is 28.1 Å². The molecule has 0 atom stereocenters. The van der Waals surface area contributed by atoms with E-state index in [1.54, 1.807) is 41.0 Å². The minimum atomic E-state index is -0.488. The molecule has 0 aliphatic carbocycles. The van der Waals surface area contributed by atoms with Gasteiger partial charge in [0.15, 0.2) is 0 Å². The second kappa shape index (κ2) is 7.75. The van der Waals surface area contributed by atoms with Crippen LogP contribution in [0, 0.1) is 6.92 Å². The van der Waals surface area contributed by atoms with Gasteiger partial charge in [-0.2, -0.15) is 5.10 Å². The van der Waals surface area contributed by atoms with E-state index in [4.69, 9.17) is 5.73 Å². The summed E-state index contributed by atoms with van der Waals surface area (Å²) >= 11 is 3.41. The van der Waals surface area contributed by atoms with Gasteiger partial charge in [0.2, 0.25) is 5.91 Å². The molecule has 138 valence electrons. The Bertz CT molecular complexity index is 995. The first-order chi connectivity index (χ1) is 12.9. The fourth-order valence-electron chi connectivity index (χ4n) is 2.84. The summed E-state index contributed by atoms with van der Waals surface area (Å²) in [5.74, 6) is -0.627. The maximum Gasteiger partial charge on any atom is 0.257 e. The Morgan fingerprint density at radius 3 is 2.56 bits per heavy atom. The van der Waals surface area contributed by atoms with Crippen LogP contribution in [0.1, 0.15) is 32.0 Å². The van der Waals surface area contributed by atoms with E-state index in [2.05, 4.69) is 21.0 Å². The van der Waals surface area contributed by atoms with Crippen LogP contribution in [0.3, 0.4) is 0 Å². The lowest BCUT2D eigenvalue weighted by atomic mass is 10.1.